The van der Waals surface area contributed by atoms with Crippen LogP contribution in [0.15, 0.2) is 18.2 Å². The zero-order chi connectivity index (χ0) is 13.0. The van der Waals surface area contributed by atoms with Crippen molar-refractivity contribution in [3.05, 3.63) is 29.6 Å². The van der Waals surface area contributed by atoms with E-state index in [2.05, 4.69) is 5.32 Å². The molecule has 0 bridgehead atoms. The molecule has 17 heavy (non-hydrogen) atoms. The van der Waals surface area contributed by atoms with Gasteiger partial charge in [0.1, 0.15) is 11.6 Å². The first-order valence-corrected chi connectivity index (χ1v) is 5.30. The van der Waals surface area contributed by atoms with Gasteiger partial charge < -0.3 is 15.8 Å². The maximum Gasteiger partial charge on any atom is 0.254 e. The summed E-state index contributed by atoms with van der Waals surface area (Å²) in [5.41, 5.74) is 5.27. The Labute approximate surface area is 104 Å². The summed E-state index contributed by atoms with van der Waals surface area (Å²) >= 11 is 4.71. The van der Waals surface area contributed by atoms with Crippen LogP contribution in [0.25, 0.3) is 0 Å². The molecule has 3 N–H and O–H groups in total. The molecule has 0 aliphatic rings. The average Bonchev–Trinajstić information content (AvgIpc) is 2.28. The van der Waals surface area contributed by atoms with Crippen molar-refractivity contribution in [1.82, 2.24) is 5.32 Å². The number of methoxy groups -OCH3 is 1. The van der Waals surface area contributed by atoms with Gasteiger partial charge in [-0.2, -0.15) is 0 Å². The van der Waals surface area contributed by atoms with Gasteiger partial charge in [0, 0.05) is 6.07 Å². The summed E-state index contributed by atoms with van der Waals surface area (Å²) in [5.74, 6) is -0.871. The number of carbonyl (C=O) groups is 1. The number of hydrogen-bond donors (Lipinski definition) is 2. The van der Waals surface area contributed by atoms with Crippen LogP contribution >= 0.6 is 12.2 Å². The zero-order valence-electron chi connectivity index (χ0n) is 9.49. The number of rotatable bonds is 4. The van der Waals surface area contributed by atoms with Gasteiger partial charge in [0.25, 0.3) is 5.91 Å². The fraction of sp³-hybridized carbons (Fsp3) is 0.273. The van der Waals surface area contributed by atoms with E-state index >= 15 is 0 Å². The van der Waals surface area contributed by atoms with Crippen molar-refractivity contribution < 1.29 is 13.9 Å². The van der Waals surface area contributed by atoms with E-state index in [1.807, 2.05) is 0 Å². The van der Waals surface area contributed by atoms with Crippen molar-refractivity contribution >= 4 is 23.1 Å². The van der Waals surface area contributed by atoms with Gasteiger partial charge in [0.05, 0.1) is 23.7 Å². The molecule has 0 aliphatic carbocycles. The van der Waals surface area contributed by atoms with E-state index in [-0.39, 0.29) is 10.6 Å². The van der Waals surface area contributed by atoms with E-state index in [1.165, 1.54) is 19.2 Å². The minimum atomic E-state index is -0.656. The van der Waals surface area contributed by atoms with Gasteiger partial charge in [-0.1, -0.05) is 12.2 Å². The highest BCUT2D eigenvalue weighted by Gasteiger charge is 2.15. The van der Waals surface area contributed by atoms with E-state index < -0.39 is 17.8 Å². The predicted octanol–water partition coefficient (Wildman–Crippen LogP) is 1.24. The van der Waals surface area contributed by atoms with Crippen molar-refractivity contribution in [2.75, 3.05) is 7.11 Å². The smallest absolute Gasteiger partial charge is 0.254 e. The zero-order valence-corrected chi connectivity index (χ0v) is 10.3. The van der Waals surface area contributed by atoms with E-state index in [9.17, 15) is 9.18 Å². The summed E-state index contributed by atoms with van der Waals surface area (Å²) in [4.78, 5) is 11.8. The van der Waals surface area contributed by atoms with Crippen molar-refractivity contribution in [3.63, 3.8) is 0 Å². The van der Waals surface area contributed by atoms with E-state index in [0.717, 1.165) is 6.07 Å². The number of amides is 1. The number of nitrogens with two attached hydrogens (primary N) is 1. The molecule has 1 aromatic carbocycles. The number of nitrogens with one attached hydrogen (secondary N) is 1. The lowest BCUT2D eigenvalue weighted by atomic mass is 10.1. The number of thiocarbonyl (C=S) groups is 1. The summed E-state index contributed by atoms with van der Waals surface area (Å²) in [7, 11) is 1.42. The SMILES string of the molecule is COc1ccc(C(=O)NC(C)C(N)=S)c(F)c1. The topological polar surface area (TPSA) is 64.3 Å². The third-order valence-corrected chi connectivity index (χ3v) is 2.55. The number of carbonyl (C=O) groups excluding carboxylic acids is 1. The Balaban J connectivity index is 2.86. The van der Waals surface area contributed by atoms with E-state index in [4.69, 9.17) is 22.7 Å². The van der Waals surface area contributed by atoms with Crippen LogP contribution < -0.4 is 15.8 Å². The summed E-state index contributed by atoms with van der Waals surface area (Å²) in [6, 6.07) is 3.50. The highest BCUT2D eigenvalue weighted by Crippen LogP contribution is 2.16. The summed E-state index contributed by atoms with van der Waals surface area (Å²) in [5, 5.41) is 2.49. The molecule has 92 valence electrons. The second-order valence-electron chi connectivity index (χ2n) is 3.44. The molecule has 1 amide bonds. The van der Waals surface area contributed by atoms with Crippen LogP contribution in [0.3, 0.4) is 0 Å². The molecule has 0 aromatic heterocycles. The molecule has 0 radical (unpaired) electrons. The largest absolute Gasteiger partial charge is 0.497 e. The Bertz CT molecular complexity index is 451. The molecule has 0 fully saturated rings. The molecule has 0 aliphatic heterocycles. The lowest BCUT2D eigenvalue weighted by molar-refractivity contribution is 0.0945. The van der Waals surface area contributed by atoms with Crippen LogP contribution in [0.2, 0.25) is 0 Å². The lowest BCUT2D eigenvalue weighted by Crippen LogP contribution is -2.41. The maximum atomic E-state index is 13.5. The quantitative estimate of drug-likeness (QED) is 0.795. The van der Waals surface area contributed by atoms with Crippen LogP contribution in [0.1, 0.15) is 17.3 Å². The molecule has 1 aromatic rings. The Morgan fingerprint density at radius 1 is 1.59 bits per heavy atom. The minimum Gasteiger partial charge on any atom is -0.497 e. The lowest BCUT2D eigenvalue weighted by Gasteiger charge is -2.12. The molecule has 4 nitrogen and oxygen atoms in total. The normalized spacial score (nSPS) is 11.7. The van der Waals surface area contributed by atoms with Gasteiger partial charge >= 0.3 is 0 Å². The van der Waals surface area contributed by atoms with Gasteiger partial charge in [-0.3, -0.25) is 4.79 Å². The Morgan fingerprint density at radius 3 is 2.71 bits per heavy atom. The van der Waals surface area contributed by atoms with Crippen molar-refractivity contribution in [2.24, 2.45) is 5.73 Å². The molecular weight excluding hydrogens is 243 g/mol. The fourth-order valence-corrected chi connectivity index (χ4v) is 1.21. The number of ether oxygens (including phenoxy) is 1. The molecule has 1 rings (SSSR count). The summed E-state index contributed by atoms with van der Waals surface area (Å²) < 4.78 is 18.4. The molecule has 0 heterocycles. The minimum absolute atomic E-state index is 0.0751. The van der Waals surface area contributed by atoms with Crippen molar-refractivity contribution in [2.45, 2.75) is 13.0 Å². The second kappa shape index (κ2) is 5.58. The first-order valence-electron chi connectivity index (χ1n) is 4.89. The molecular formula is C11H13FN2O2S. The standard InChI is InChI=1S/C11H13FN2O2S/c1-6(10(13)17)14-11(15)8-4-3-7(16-2)5-9(8)12/h3-6H,1-2H3,(H2,13,17)(H,14,15). The van der Waals surface area contributed by atoms with Crippen LogP contribution in [-0.2, 0) is 0 Å². The van der Waals surface area contributed by atoms with Crippen LogP contribution in [0, 0.1) is 5.82 Å². The van der Waals surface area contributed by atoms with Crippen LogP contribution in [-0.4, -0.2) is 24.0 Å². The third-order valence-electron chi connectivity index (χ3n) is 2.20. The molecule has 0 saturated heterocycles. The monoisotopic (exact) mass is 256 g/mol. The first-order chi connectivity index (χ1) is 7.95. The highest BCUT2D eigenvalue weighted by molar-refractivity contribution is 7.80. The predicted molar refractivity (Wildman–Crippen MR) is 66.7 cm³/mol. The Kier molecular flexibility index (Phi) is 4.39. The van der Waals surface area contributed by atoms with Gasteiger partial charge in [-0.15, -0.1) is 0 Å². The van der Waals surface area contributed by atoms with Crippen LogP contribution in [0.4, 0.5) is 4.39 Å². The van der Waals surface area contributed by atoms with E-state index in [1.54, 1.807) is 6.92 Å². The third kappa shape index (κ3) is 3.39. The number of benzene rings is 1. The van der Waals surface area contributed by atoms with Crippen molar-refractivity contribution in [1.29, 1.82) is 0 Å². The number of hydrogen-bond acceptors (Lipinski definition) is 3. The molecule has 0 saturated carbocycles. The second-order valence-corrected chi connectivity index (χ2v) is 3.91. The molecule has 6 heteroatoms. The Morgan fingerprint density at radius 2 is 2.24 bits per heavy atom. The van der Waals surface area contributed by atoms with Gasteiger partial charge in [-0.25, -0.2) is 4.39 Å². The number of halogens is 1. The van der Waals surface area contributed by atoms with Crippen LogP contribution in [0.5, 0.6) is 5.75 Å². The fourth-order valence-electron chi connectivity index (χ4n) is 1.15. The Hall–Kier alpha value is -1.69. The first kappa shape index (κ1) is 13.4. The highest BCUT2D eigenvalue weighted by atomic mass is 32.1. The summed E-state index contributed by atoms with van der Waals surface area (Å²) in [6.07, 6.45) is 0. The molecule has 0 spiro atoms. The van der Waals surface area contributed by atoms with Gasteiger partial charge in [0.2, 0.25) is 0 Å². The maximum absolute atomic E-state index is 13.5. The van der Waals surface area contributed by atoms with E-state index in [0.29, 0.717) is 5.75 Å². The summed E-state index contributed by atoms with van der Waals surface area (Å²) in [6.45, 7) is 1.63. The van der Waals surface area contributed by atoms with Crippen molar-refractivity contribution in [3.8, 4) is 5.75 Å². The average molecular weight is 256 g/mol. The molecule has 1 unspecified atom stereocenters. The van der Waals surface area contributed by atoms with Gasteiger partial charge in [-0.05, 0) is 19.1 Å². The van der Waals surface area contributed by atoms with Gasteiger partial charge in [0.15, 0.2) is 0 Å². The molecule has 1 atom stereocenters.